The predicted octanol–water partition coefficient (Wildman–Crippen LogP) is -1.24. The second kappa shape index (κ2) is 5.36. The van der Waals surface area contributed by atoms with Crippen molar-refractivity contribution < 1.29 is 13.2 Å². The number of nitrogens with zero attached hydrogens (tertiary/aromatic N) is 3. The van der Waals surface area contributed by atoms with E-state index in [1.165, 1.54) is 15.8 Å². The lowest BCUT2D eigenvalue weighted by Gasteiger charge is -2.14. The summed E-state index contributed by atoms with van der Waals surface area (Å²) in [7, 11) is -0.660. The van der Waals surface area contributed by atoms with Gasteiger partial charge in [-0.25, -0.2) is 13.1 Å². The van der Waals surface area contributed by atoms with Crippen LogP contribution < -0.4 is 10.5 Å². The number of rotatable bonds is 5. The number of carbonyl (C=O) groups is 1. The van der Waals surface area contributed by atoms with Crippen LogP contribution in [-0.2, 0) is 21.9 Å². The van der Waals surface area contributed by atoms with Gasteiger partial charge in [-0.05, 0) is 6.92 Å². The number of hydrogen-bond acceptors (Lipinski definition) is 5. The zero-order valence-corrected chi connectivity index (χ0v) is 11.4. The highest BCUT2D eigenvalue weighted by atomic mass is 32.2. The van der Waals surface area contributed by atoms with Gasteiger partial charge in [-0.2, -0.15) is 5.10 Å². The van der Waals surface area contributed by atoms with E-state index in [0.717, 1.165) is 0 Å². The summed E-state index contributed by atoms with van der Waals surface area (Å²) >= 11 is 0. The molecule has 0 spiro atoms. The molecule has 0 saturated carbocycles. The average Bonchev–Trinajstić information content (AvgIpc) is 2.65. The molecule has 0 unspecified atom stereocenters. The maximum absolute atomic E-state index is 11.9. The lowest BCUT2D eigenvalue weighted by molar-refractivity contribution is -0.128. The topological polar surface area (TPSA) is 110 Å². The number of likely N-dealkylation sites (N-methyl/N-ethyl adjacent to an activating group) is 1. The maximum Gasteiger partial charge on any atom is 0.246 e. The Bertz CT molecular complexity index is 536. The number of sulfonamides is 1. The second-order valence-electron chi connectivity index (χ2n) is 3.78. The van der Waals surface area contributed by atoms with Crippen LogP contribution >= 0.6 is 0 Å². The molecule has 1 aromatic heterocycles. The molecule has 0 saturated heterocycles. The Labute approximate surface area is 106 Å². The molecule has 8 nitrogen and oxygen atoms in total. The Hall–Kier alpha value is -1.61. The van der Waals surface area contributed by atoms with Gasteiger partial charge >= 0.3 is 0 Å². The fourth-order valence-corrected chi connectivity index (χ4v) is 2.31. The summed E-state index contributed by atoms with van der Waals surface area (Å²) in [4.78, 5) is 12.8. The smallest absolute Gasteiger partial charge is 0.246 e. The molecule has 0 bridgehead atoms. The zero-order chi connectivity index (χ0) is 13.9. The number of aryl methyl sites for hydroxylation is 1. The predicted molar refractivity (Wildman–Crippen MR) is 66.1 cm³/mol. The molecule has 0 aliphatic heterocycles. The molecular weight excluding hydrogens is 258 g/mol. The van der Waals surface area contributed by atoms with Crippen molar-refractivity contribution in [1.82, 2.24) is 19.4 Å². The molecule has 0 atom stereocenters. The van der Waals surface area contributed by atoms with Gasteiger partial charge in [0.15, 0.2) is 5.82 Å². The maximum atomic E-state index is 11.9. The second-order valence-corrected chi connectivity index (χ2v) is 5.52. The molecular formula is C9H17N5O3S. The lowest BCUT2D eigenvalue weighted by atomic mass is 10.5. The van der Waals surface area contributed by atoms with E-state index in [-0.39, 0.29) is 23.2 Å². The van der Waals surface area contributed by atoms with Gasteiger partial charge in [0.2, 0.25) is 15.9 Å². The van der Waals surface area contributed by atoms with Crippen molar-refractivity contribution in [3.05, 3.63) is 6.20 Å². The van der Waals surface area contributed by atoms with Crippen molar-refractivity contribution in [3.8, 4) is 0 Å². The summed E-state index contributed by atoms with van der Waals surface area (Å²) in [6.07, 6.45) is 1.28. The minimum Gasteiger partial charge on any atom is -0.381 e. The van der Waals surface area contributed by atoms with E-state index in [1.807, 2.05) is 0 Å². The standard InChI is InChI=1S/C9H17N5O3S/c1-4-13(2)8(15)5-11-18(16,17)7-6-14(3)12-9(7)10/h6,11H,4-5H2,1-3H3,(H2,10,12). The minimum atomic E-state index is -3.81. The Kier molecular flexibility index (Phi) is 4.30. The van der Waals surface area contributed by atoms with E-state index in [1.54, 1.807) is 21.0 Å². The normalized spacial score (nSPS) is 11.5. The van der Waals surface area contributed by atoms with Crippen LogP contribution in [0.5, 0.6) is 0 Å². The van der Waals surface area contributed by atoms with Gasteiger partial charge in [-0.3, -0.25) is 9.48 Å². The number of carbonyl (C=O) groups excluding carboxylic acids is 1. The van der Waals surface area contributed by atoms with Gasteiger partial charge in [0, 0.05) is 26.8 Å². The summed E-state index contributed by atoms with van der Waals surface area (Å²) in [6.45, 7) is 2.00. The molecule has 9 heteroatoms. The van der Waals surface area contributed by atoms with Crippen LogP contribution in [0.2, 0.25) is 0 Å². The van der Waals surface area contributed by atoms with Crippen LogP contribution in [0, 0.1) is 0 Å². The van der Waals surface area contributed by atoms with Crippen LogP contribution in [0.25, 0.3) is 0 Å². The Balaban J connectivity index is 2.78. The average molecular weight is 275 g/mol. The molecule has 0 aliphatic carbocycles. The molecule has 18 heavy (non-hydrogen) atoms. The molecule has 1 aromatic rings. The monoisotopic (exact) mass is 275 g/mol. The van der Waals surface area contributed by atoms with E-state index < -0.39 is 10.0 Å². The summed E-state index contributed by atoms with van der Waals surface area (Å²) in [6, 6.07) is 0. The van der Waals surface area contributed by atoms with E-state index in [0.29, 0.717) is 6.54 Å². The summed E-state index contributed by atoms with van der Waals surface area (Å²) in [5.41, 5.74) is 5.47. The third-order valence-electron chi connectivity index (χ3n) is 2.43. The number of nitrogens with one attached hydrogen (secondary N) is 1. The molecule has 1 rings (SSSR count). The molecule has 0 fully saturated rings. The third-order valence-corrected chi connectivity index (χ3v) is 3.84. The number of anilines is 1. The van der Waals surface area contributed by atoms with E-state index in [9.17, 15) is 13.2 Å². The quantitative estimate of drug-likeness (QED) is 0.698. The van der Waals surface area contributed by atoms with Crippen LogP contribution in [0.15, 0.2) is 11.1 Å². The van der Waals surface area contributed by atoms with Gasteiger partial charge in [-0.1, -0.05) is 0 Å². The van der Waals surface area contributed by atoms with Crippen molar-refractivity contribution in [2.24, 2.45) is 7.05 Å². The van der Waals surface area contributed by atoms with Crippen molar-refractivity contribution in [2.45, 2.75) is 11.8 Å². The summed E-state index contributed by atoms with van der Waals surface area (Å²) < 4.78 is 27.2. The van der Waals surface area contributed by atoms with Crippen molar-refractivity contribution in [1.29, 1.82) is 0 Å². The van der Waals surface area contributed by atoms with Crippen LogP contribution in [-0.4, -0.2) is 49.1 Å². The van der Waals surface area contributed by atoms with Crippen molar-refractivity contribution >= 4 is 21.7 Å². The van der Waals surface area contributed by atoms with E-state index in [2.05, 4.69) is 9.82 Å². The van der Waals surface area contributed by atoms with E-state index in [4.69, 9.17) is 5.73 Å². The first-order chi connectivity index (χ1) is 8.27. The fraction of sp³-hybridized carbons (Fsp3) is 0.556. The third kappa shape index (κ3) is 3.20. The van der Waals surface area contributed by atoms with Crippen LogP contribution in [0.1, 0.15) is 6.92 Å². The highest BCUT2D eigenvalue weighted by molar-refractivity contribution is 7.89. The number of aromatic nitrogens is 2. The van der Waals surface area contributed by atoms with Gasteiger partial charge in [0.1, 0.15) is 4.90 Å². The first kappa shape index (κ1) is 14.5. The fourth-order valence-electron chi connectivity index (χ4n) is 1.24. The molecule has 1 heterocycles. The molecule has 0 radical (unpaired) electrons. The number of nitrogens with two attached hydrogens (primary N) is 1. The van der Waals surface area contributed by atoms with Gasteiger partial charge in [0.25, 0.3) is 0 Å². The zero-order valence-electron chi connectivity index (χ0n) is 10.5. The highest BCUT2D eigenvalue weighted by Crippen LogP contribution is 2.14. The summed E-state index contributed by atoms with van der Waals surface area (Å²) in [5.74, 6) is -0.412. The highest BCUT2D eigenvalue weighted by Gasteiger charge is 2.21. The van der Waals surface area contributed by atoms with Crippen molar-refractivity contribution in [3.63, 3.8) is 0 Å². The number of nitrogen functional groups attached to an aromatic ring is 1. The lowest BCUT2D eigenvalue weighted by Crippen LogP contribution is -2.38. The number of hydrogen-bond donors (Lipinski definition) is 2. The SMILES string of the molecule is CCN(C)C(=O)CNS(=O)(=O)c1cn(C)nc1N. The summed E-state index contributed by atoms with van der Waals surface area (Å²) in [5, 5.41) is 3.74. The van der Waals surface area contributed by atoms with Gasteiger partial charge in [0.05, 0.1) is 6.54 Å². The number of amides is 1. The van der Waals surface area contributed by atoms with Gasteiger partial charge in [-0.15, -0.1) is 0 Å². The van der Waals surface area contributed by atoms with Gasteiger partial charge < -0.3 is 10.6 Å². The first-order valence-electron chi connectivity index (χ1n) is 5.30. The molecule has 3 N–H and O–H groups in total. The molecule has 0 aromatic carbocycles. The minimum absolute atomic E-state index is 0.0960. The van der Waals surface area contributed by atoms with Crippen LogP contribution in [0.4, 0.5) is 5.82 Å². The van der Waals surface area contributed by atoms with Crippen molar-refractivity contribution in [2.75, 3.05) is 25.9 Å². The Morgan fingerprint density at radius 1 is 1.61 bits per heavy atom. The molecule has 102 valence electrons. The Morgan fingerprint density at radius 2 is 2.22 bits per heavy atom. The van der Waals surface area contributed by atoms with E-state index >= 15 is 0 Å². The molecule has 1 amide bonds. The molecule has 0 aliphatic rings. The largest absolute Gasteiger partial charge is 0.381 e. The Morgan fingerprint density at radius 3 is 2.67 bits per heavy atom. The first-order valence-corrected chi connectivity index (χ1v) is 6.79. The van der Waals surface area contributed by atoms with Crippen LogP contribution in [0.3, 0.4) is 0 Å².